The van der Waals surface area contributed by atoms with Crippen molar-refractivity contribution in [2.24, 2.45) is 0 Å². The lowest BCUT2D eigenvalue weighted by Gasteiger charge is -2.19. The summed E-state index contributed by atoms with van der Waals surface area (Å²) in [6, 6.07) is 13.5. The topological polar surface area (TPSA) is 72.3 Å². The van der Waals surface area contributed by atoms with E-state index in [4.69, 9.17) is 16.3 Å². The minimum Gasteiger partial charge on any atom is -0.494 e. The monoisotopic (exact) mass is 482 g/mol. The highest BCUT2D eigenvalue weighted by Gasteiger charge is 2.18. The standard InChI is InChI=1S/C26H28ClFN4O2/c1-16-15-19(12-13-20(16)27)34-14-6-5-7-21-29-23(30-24-22(28)25(33)31-32(21)24)17-8-10-18(11-9-17)26(2,3)4/h8-13,15H,5-7,14H2,1-4H3,(H,31,33). The summed E-state index contributed by atoms with van der Waals surface area (Å²) in [6.45, 7) is 8.88. The van der Waals surface area contributed by atoms with Gasteiger partial charge in [0.2, 0.25) is 5.82 Å². The minimum atomic E-state index is -0.905. The van der Waals surface area contributed by atoms with E-state index in [9.17, 15) is 9.18 Å². The van der Waals surface area contributed by atoms with Gasteiger partial charge in [-0.25, -0.2) is 14.5 Å². The van der Waals surface area contributed by atoms with Crippen molar-refractivity contribution in [3.05, 3.63) is 80.6 Å². The quantitative estimate of drug-likeness (QED) is 0.333. The molecular weight excluding hydrogens is 455 g/mol. The Labute approximate surface area is 202 Å². The highest BCUT2D eigenvalue weighted by Crippen LogP contribution is 2.25. The van der Waals surface area contributed by atoms with Crippen LogP contribution >= 0.6 is 11.6 Å². The van der Waals surface area contributed by atoms with Crippen molar-refractivity contribution in [1.29, 1.82) is 0 Å². The first-order chi connectivity index (χ1) is 16.1. The van der Waals surface area contributed by atoms with E-state index < -0.39 is 11.4 Å². The molecule has 8 heteroatoms. The van der Waals surface area contributed by atoms with Crippen molar-refractivity contribution in [3.8, 4) is 17.1 Å². The van der Waals surface area contributed by atoms with E-state index in [1.807, 2.05) is 49.4 Å². The summed E-state index contributed by atoms with van der Waals surface area (Å²) in [5, 5.41) is 3.20. The van der Waals surface area contributed by atoms with Crippen LogP contribution < -0.4 is 10.3 Å². The molecule has 2 aromatic heterocycles. The number of aromatic amines is 1. The second kappa shape index (κ2) is 9.58. The number of hydrogen-bond acceptors (Lipinski definition) is 4. The summed E-state index contributed by atoms with van der Waals surface area (Å²) in [4.78, 5) is 20.9. The number of benzene rings is 2. The van der Waals surface area contributed by atoms with Gasteiger partial charge >= 0.3 is 5.56 Å². The predicted molar refractivity (Wildman–Crippen MR) is 132 cm³/mol. The summed E-state index contributed by atoms with van der Waals surface area (Å²) in [6.07, 6.45) is 2.03. The molecule has 0 bridgehead atoms. The minimum absolute atomic E-state index is 0.0152. The number of nitrogens with one attached hydrogen (secondary N) is 1. The summed E-state index contributed by atoms with van der Waals surface area (Å²) in [5.41, 5.74) is 2.07. The number of halogens is 2. The Hall–Kier alpha value is -3.19. The van der Waals surface area contributed by atoms with Gasteiger partial charge < -0.3 is 4.74 Å². The van der Waals surface area contributed by atoms with E-state index >= 15 is 0 Å². The largest absolute Gasteiger partial charge is 0.494 e. The van der Waals surface area contributed by atoms with E-state index in [0.717, 1.165) is 29.7 Å². The van der Waals surface area contributed by atoms with E-state index in [1.165, 1.54) is 10.1 Å². The number of unbranched alkanes of at least 4 members (excludes halogenated alkanes) is 1. The van der Waals surface area contributed by atoms with Gasteiger partial charge in [-0.2, -0.15) is 4.39 Å². The van der Waals surface area contributed by atoms with Crippen LogP contribution in [0.4, 0.5) is 4.39 Å². The van der Waals surface area contributed by atoms with Gasteiger partial charge in [-0.1, -0.05) is 56.6 Å². The Kier molecular flexibility index (Phi) is 6.75. The summed E-state index contributed by atoms with van der Waals surface area (Å²) >= 11 is 6.06. The number of nitrogens with zero attached hydrogens (tertiary/aromatic N) is 3. The second-order valence-corrected chi connectivity index (χ2v) is 9.83. The molecule has 0 amide bonds. The molecule has 0 aliphatic rings. The molecule has 6 nitrogen and oxygen atoms in total. The molecule has 0 aliphatic heterocycles. The molecule has 0 saturated carbocycles. The molecule has 0 saturated heterocycles. The molecule has 0 spiro atoms. The molecule has 34 heavy (non-hydrogen) atoms. The van der Waals surface area contributed by atoms with Gasteiger partial charge in [-0.05, 0) is 54.5 Å². The molecule has 0 aliphatic carbocycles. The average Bonchev–Trinajstić information content (AvgIpc) is 3.09. The molecule has 2 aromatic carbocycles. The molecule has 2 heterocycles. The third-order valence-corrected chi connectivity index (χ3v) is 6.15. The van der Waals surface area contributed by atoms with Crippen molar-refractivity contribution in [2.75, 3.05) is 6.61 Å². The number of rotatable bonds is 7. The molecule has 0 unspecified atom stereocenters. The van der Waals surface area contributed by atoms with Gasteiger partial charge in [-0.15, -0.1) is 0 Å². The zero-order valence-corrected chi connectivity index (χ0v) is 20.5. The van der Waals surface area contributed by atoms with Crippen LogP contribution in [0.15, 0.2) is 47.3 Å². The fourth-order valence-corrected chi connectivity index (χ4v) is 3.80. The van der Waals surface area contributed by atoms with Crippen LogP contribution in [-0.2, 0) is 11.8 Å². The fourth-order valence-electron chi connectivity index (χ4n) is 3.68. The average molecular weight is 483 g/mol. The van der Waals surface area contributed by atoms with E-state index in [2.05, 4.69) is 35.8 Å². The Morgan fingerprint density at radius 2 is 1.82 bits per heavy atom. The second-order valence-electron chi connectivity index (χ2n) is 9.42. The third kappa shape index (κ3) is 5.14. The predicted octanol–water partition coefficient (Wildman–Crippen LogP) is 5.88. The molecule has 0 atom stereocenters. The first-order valence-electron chi connectivity index (χ1n) is 11.3. The Balaban J connectivity index is 1.51. The maximum atomic E-state index is 14.5. The van der Waals surface area contributed by atoms with E-state index in [1.54, 1.807) is 0 Å². The molecule has 0 fully saturated rings. The van der Waals surface area contributed by atoms with Crippen LogP contribution in [0.3, 0.4) is 0 Å². The number of aryl methyl sites for hydroxylation is 2. The summed E-state index contributed by atoms with van der Waals surface area (Å²) in [7, 11) is 0. The summed E-state index contributed by atoms with van der Waals surface area (Å²) in [5.74, 6) is 0.797. The van der Waals surface area contributed by atoms with Crippen molar-refractivity contribution >= 4 is 17.2 Å². The van der Waals surface area contributed by atoms with Crippen LogP contribution in [0.1, 0.15) is 50.6 Å². The van der Waals surface area contributed by atoms with Crippen molar-refractivity contribution in [3.63, 3.8) is 0 Å². The Morgan fingerprint density at radius 1 is 1.09 bits per heavy atom. The SMILES string of the molecule is Cc1cc(OCCCCc2nc(-c3ccc(C(C)(C)C)cc3)nc3c(F)c(=O)[nH]n23)ccc1Cl. The highest BCUT2D eigenvalue weighted by molar-refractivity contribution is 6.31. The zero-order chi connectivity index (χ0) is 24.5. The number of hydrogen-bond donors (Lipinski definition) is 1. The number of H-pyrrole nitrogens is 1. The molecule has 4 rings (SSSR count). The number of aromatic nitrogens is 4. The van der Waals surface area contributed by atoms with Crippen LogP contribution in [0.5, 0.6) is 5.75 Å². The number of fused-ring (bicyclic) bond motifs is 1. The van der Waals surface area contributed by atoms with Gasteiger partial charge in [0, 0.05) is 17.0 Å². The van der Waals surface area contributed by atoms with Gasteiger partial charge in [0.1, 0.15) is 11.6 Å². The van der Waals surface area contributed by atoms with Crippen LogP contribution in [-0.4, -0.2) is 26.2 Å². The lowest BCUT2D eigenvalue weighted by Crippen LogP contribution is -2.11. The Morgan fingerprint density at radius 3 is 2.50 bits per heavy atom. The number of ether oxygens (including phenoxy) is 1. The smallest absolute Gasteiger partial charge is 0.302 e. The third-order valence-electron chi connectivity index (χ3n) is 5.73. The fraction of sp³-hybridized carbons (Fsp3) is 0.346. The molecular formula is C26H28ClFN4O2. The lowest BCUT2D eigenvalue weighted by atomic mass is 9.87. The van der Waals surface area contributed by atoms with E-state index in [-0.39, 0.29) is 11.1 Å². The molecule has 4 aromatic rings. The zero-order valence-electron chi connectivity index (χ0n) is 19.8. The summed E-state index contributed by atoms with van der Waals surface area (Å²) < 4.78 is 21.6. The van der Waals surface area contributed by atoms with Crippen LogP contribution in [0.25, 0.3) is 17.0 Å². The van der Waals surface area contributed by atoms with Crippen LogP contribution in [0, 0.1) is 12.7 Å². The molecule has 1 N–H and O–H groups in total. The Bertz CT molecular complexity index is 1370. The van der Waals surface area contributed by atoms with Crippen LogP contribution in [0.2, 0.25) is 5.02 Å². The molecule has 0 radical (unpaired) electrons. The maximum absolute atomic E-state index is 14.5. The van der Waals surface area contributed by atoms with Crippen molar-refractivity contribution < 1.29 is 9.13 Å². The normalized spacial score (nSPS) is 11.8. The first kappa shape index (κ1) is 24.0. The maximum Gasteiger partial charge on any atom is 0.302 e. The van der Waals surface area contributed by atoms with Gasteiger partial charge in [0.25, 0.3) is 0 Å². The highest BCUT2D eigenvalue weighted by atomic mass is 35.5. The lowest BCUT2D eigenvalue weighted by molar-refractivity contribution is 0.306. The van der Waals surface area contributed by atoms with Gasteiger partial charge in [0.15, 0.2) is 11.5 Å². The first-order valence-corrected chi connectivity index (χ1v) is 11.7. The van der Waals surface area contributed by atoms with Gasteiger partial charge in [0.05, 0.1) is 6.61 Å². The molecule has 178 valence electrons. The van der Waals surface area contributed by atoms with Crippen molar-refractivity contribution in [2.45, 2.75) is 52.4 Å². The van der Waals surface area contributed by atoms with Crippen molar-refractivity contribution in [1.82, 2.24) is 19.6 Å². The van der Waals surface area contributed by atoms with Gasteiger partial charge in [-0.3, -0.25) is 9.89 Å². The van der Waals surface area contributed by atoms with E-state index in [0.29, 0.717) is 29.7 Å².